The number of hydrazone groups is 1. The predicted molar refractivity (Wildman–Crippen MR) is 68.2 cm³/mol. The van der Waals surface area contributed by atoms with Crippen molar-refractivity contribution >= 4 is 17.8 Å². The van der Waals surface area contributed by atoms with E-state index in [1.54, 1.807) is 6.92 Å². The standard InChI is InChI=1S/C10H10FN7O3/c1-5-6(9(11)17(2)16-5)3-12-15-10(19)8-7(18(20)21)4-13-14-8/h3-4H,1-2H3,(H,13,14)(H,15,19)/b12-3+. The van der Waals surface area contributed by atoms with Gasteiger partial charge in [-0.25, -0.2) is 10.1 Å². The summed E-state index contributed by atoms with van der Waals surface area (Å²) in [7, 11) is 1.42. The Balaban J connectivity index is 2.12. The summed E-state index contributed by atoms with van der Waals surface area (Å²) < 4.78 is 14.6. The Morgan fingerprint density at radius 3 is 2.95 bits per heavy atom. The lowest BCUT2D eigenvalue weighted by Crippen LogP contribution is -2.19. The first-order chi connectivity index (χ1) is 9.91. The van der Waals surface area contributed by atoms with Crippen LogP contribution >= 0.6 is 0 Å². The largest absolute Gasteiger partial charge is 0.319 e. The first-order valence-electron chi connectivity index (χ1n) is 5.62. The molecule has 0 aliphatic rings. The van der Waals surface area contributed by atoms with Gasteiger partial charge in [-0.2, -0.15) is 19.7 Å². The maximum Gasteiger partial charge on any atom is 0.319 e. The minimum Gasteiger partial charge on any atom is -0.267 e. The van der Waals surface area contributed by atoms with E-state index in [2.05, 4.69) is 20.4 Å². The van der Waals surface area contributed by atoms with Crippen LogP contribution in [0.15, 0.2) is 11.3 Å². The van der Waals surface area contributed by atoms with E-state index in [-0.39, 0.29) is 11.3 Å². The van der Waals surface area contributed by atoms with Crippen molar-refractivity contribution in [1.82, 2.24) is 25.4 Å². The summed E-state index contributed by atoms with van der Waals surface area (Å²) in [6, 6.07) is 0. The lowest BCUT2D eigenvalue weighted by molar-refractivity contribution is -0.385. The first-order valence-corrected chi connectivity index (χ1v) is 5.62. The Kier molecular flexibility index (Phi) is 3.73. The van der Waals surface area contributed by atoms with Gasteiger partial charge in [-0.05, 0) is 6.92 Å². The number of H-pyrrole nitrogens is 1. The van der Waals surface area contributed by atoms with Crippen molar-refractivity contribution in [1.29, 1.82) is 0 Å². The molecule has 0 saturated carbocycles. The monoisotopic (exact) mass is 295 g/mol. The molecule has 2 aromatic rings. The van der Waals surface area contributed by atoms with E-state index >= 15 is 0 Å². The van der Waals surface area contributed by atoms with Crippen LogP contribution in [0, 0.1) is 23.0 Å². The van der Waals surface area contributed by atoms with Crippen molar-refractivity contribution in [3.63, 3.8) is 0 Å². The third-order valence-corrected chi connectivity index (χ3v) is 2.60. The summed E-state index contributed by atoms with van der Waals surface area (Å²) in [5, 5.41) is 23.6. The fourth-order valence-electron chi connectivity index (χ4n) is 1.59. The van der Waals surface area contributed by atoms with E-state index in [1.165, 1.54) is 7.05 Å². The molecule has 2 heterocycles. The zero-order chi connectivity index (χ0) is 15.6. The van der Waals surface area contributed by atoms with Crippen LogP contribution in [-0.4, -0.2) is 37.0 Å². The Morgan fingerprint density at radius 2 is 2.38 bits per heavy atom. The molecule has 0 atom stereocenters. The van der Waals surface area contributed by atoms with E-state index in [4.69, 9.17) is 0 Å². The molecule has 2 aromatic heterocycles. The Morgan fingerprint density at radius 1 is 1.67 bits per heavy atom. The fraction of sp³-hybridized carbons (Fsp3) is 0.200. The minimum atomic E-state index is -0.864. The Hall–Kier alpha value is -3.11. The van der Waals surface area contributed by atoms with Gasteiger partial charge < -0.3 is 0 Å². The summed E-state index contributed by atoms with van der Waals surface area (Å²) in [4.78, 5) is 21.6. The van der Waals surface area contributed by atoms with E-state index in [9.17, 15) is 19.3 Å². The van der Waals surface area contributed by atoms with E-state index < -0.39 is 22.5 Å². The van der Waals surface area contributed by atoms with E-state index in [0.717, 1.165) is 17.1 Å². The number of nitro groups is 1. The third-order valence-electron chi connectivity index (χ3n) is 2.60. The van der Waals surface area contributed by atoms with Crippen LogP contribution < -0.4 is 5.43 Å². The quantitative estimate of drug-likeness (QED) is 0.474. The molecule has 0 fully saturated rings. The van der Waals surface area contributed by atoms with Crippen molar-refractivity contribution in [2.75, 3.05) is 0 Å². The van der Waals surface area contributed by atoms with Crippen LogP contribution in [0.5, 0.6) is 0 Å². The molecule has 2 rings (SSSR count). The second-order valence-electron chi connectivity index (χ2n) is 4.00. The van der Waals surface area contributed by atoms with Crippen LogP contribution in [0.25, 0.3) is 0 Å². The van der Waals surface area contributed by atoms with Crippen LogP contribution in [-0.2, 0) is 7.05 Å². The molecular formula is C10H10FN7O3. The highest BCUT2D eigenvalue weighted by Crippen LogP contribution is 2.14. The normalized spacial score (nSPS) is 11.0. The number of nitrogens with zero attached hydrogens (tertiary/aromatic N) is 5. The molecule has 1 amide bonds. The third kappa shape index (κ3) is 2.75. The van der Waals surface area contributed by atoms with Gasteiger partial charge in [-0.15, -0.1) is 0 Å². The number of rotatable bonds is 4. The van der Waals surface area contributed by atoms with E-state index in [0.29, 0.717) is 5.69 Å². The summed E-state index contributed by atoms with van der Waals surface area (Å²) in [5.74, 6) is -1.48. The number of carbonyl (C=O) groups excluding carboxylic acids is 1. The van der Waals surface area contributed by atoms with Gasteiger partial charge in [0.1, 0.15) is 6.20 Å². The maximum atomic E-state index is 13.6. The topological polar surface area (TPSA) is 131 Å². The number of aromatic nitrogens is 4. The van der Waals surface area contributed by atoms with Gasteiger partial charge in [0.05, 0.1) is 22.4 Å². The summed E-state index contributed by atoms with van der Waals surface area (Å²) in [6.45, 7) is 1.58. The molecule has 21 heavy (non-hydrogen) atoms. The molecule has 0 saturated heterocycles. The minimum absolute atomic E-state index is 0.108. The van der Waals surface area contributed by atoms with Crippen molar-refractivity contribution in [2.45, 2.75) is 6.92 Å². The predicted octanol–water partition coefficient (Wildman–Crippen LogP) is 0.263. The lowest BCUT2D eigenvalue weighted by atomic mass is 10.3. The Bertz CT molecular complexity index is 733. The van der Waals surface area contributed by atoms with Gasteiger partial charge in [0.15, 0.2) is 0 Å². The highest BCUT2D eigenvalue weighted by molar-refractivity contribution is 5.96. The van der Waals surface area contributed by atoms with Gasteiger partial charge in [-0.1, -0.05) is 0 Å². The Labute approximate surface area is 116 Å². The molecule has 0 aliphatic heterocycles. The molecule has 110 valence electrons. The molecular weight excluding hydrogens is 285 g/mol. The van der Waals surface area contributed by atoms with Gasteiger partial charge in [0.2, 0.25) is 11.6 Å². The van der Waals surface area contributed by atoms with Crippen LogP contribution in [0.4, 0.5) is 10.1 Å². The number of amides is 1. The highest BCUT2D eigenvalue weighted by atomic mass is 19.1. The zero-order valence-corrected chi connectivity index (χ0v) is 11.0. The van der Waals surface area contributed by atoms with Crippen molar-refractivity contribution in [2.24, 2.45) is 12.1 Å². The average molecular weight is 295 g/mol. The van der Waals surface area contributed by atoms with Gasteiger partial charge in [0.25, 0.3) is 5.91 Å². The second-order valence-corrected chi connectivity index (χ2v) is 4.00. The smallest absolute Gasteiger partial charge is 0.267 e. The molecule has 0 radical (unpaired) electrons. The average Bonchev–Trinajstić information content (AvgIpc) is 2.99. The number of nitrogens with one attached hydrogen (secondary N) is 2. The molecule has 0 bridgehead atoms. The number of aromatic amines is 1. The molecule has 0 aromatic carbocycles. The number of hydrogen-bond acceptors (Lipinski definition) is 6. The number of hydrogen-bond donors (Lipinski definition) is 2. The van der Waals surface area contributed by atoms with Crippen molar-refractivity contribution in [3.05, 3.63) is 39.2 Å². The first kappa shape index (κ1) is 14.3. The fourth-order valence-corrected chi connectivity index (χ4v) is 1.59. The molecule has 2 N–H and O–H groups in total. The van der Waals surface area contributed by atoms with Gasteiger partial charge >= 0.3 is 5.69 Å². The van der Waals surface area contributed by atoms with Gasteiger partial charge in [0, 0.05) is 7.05 Å². The van der Waals surface area contributed by atoms with Crippen LogP contribution in [0.2, 0.25) is 0 Å². The highest BCUT2D eigenvalue weighted by Gasteiger charge is 2.22. The molecule has 0 aliphatic carbocycles. The zero-order valence-electron chi connectivity index (χ0n) is 11.0. The number of carbonyl (C=O) groups is 1. The summed E-state index contributed by atoms with van der Waals surface area (Å²) in [6.07, 6.45) is 1.97. The number of halogens is 1. The van der Waals surface area contributed by atoms with E-state index in [1.807, 2.05) is 5.43 Å². The summed E-state index contributed by atoms with van der Waals surface area (Å²) in [5.41, 5.74) is 1.71. The van der Waals surface area contributed by atoms with Gasteiger partial charge in [-0.3, -0.25) is 20.0 Å². The van der Waals surface area contributed by atoms with Crippen molar-refractivity contribution in [3.8, 4) is 0 Å². The maximum absolute atomic E-state index is 13.6. The van der Waals surface area contributed by atoms with Crippen molar-refractivity contribution < 1.29 is 14.1 Å². The van der Waals surface area contributed by atoms with Crippen LogP contribution in [0.1, 0.15) is 21.7 Å². The van der Waals surface area contributed by atoms with Crippen LogP contribution in [0.3, 0.4) is 0 Å². The molecule has 0 unspecified atom stereocenters. The number of aryl methyl sites for hydroxylation is 2. The molecule has 10 nitrogen and oxygen atoms in total. The lowest BCUT2D eigenvalue weighted by Gasteiger charge is -1.96. The SMILES string of the molecule is Cc1nn(C)c(F)c1/C=N/NC(=O)c1[nH]ncc1[N+](=O)[O-]. The molecule has 11 heteroatoms. The summed E-state index contributed by atoms with van der Waals surface area (Å²) >= 11 is 0. The second kappa shape index (κ2) is 5.48. The molecule has 0 spiro atoms.